The third kappa shape index (κ3) is 1.65. The summed E-state index contributed by atoms with van der Waals surface area (Å²) in [4.78, 5) is 13.9. The zero-order valence-electron chi connectivity index (χ0n) is 8.78. The summed E-state index contributed by atoms with van der Waals surface area (Å²) in [6.45, 7) is 3.88. The van der Waals surface area contributed by atoms with E-state index >= 15 is 0 Å². The number of aliphatic hydroxyl groups excluding tert-OH is 1. The smallest absolute Gasteiger partial charge is 0.226 e. The molecule has 1 amide bonds. The number of hydrogen-bond acceptors (Lipinski definition) is 2. The monoisotopic (exact) mass is 197 g/mol. The molecule has 1 aliphatic heterocycles. The summed E-state index contributed by atoms with van der Waals surface area (Å²) in [5, 5.41) is 9.53. The zero-order valence-corrected chi connectivity index (χ0v) is 8.78. The van der Waals surface area contributed by atoms with E-state index in [9.17, 15) is 9.90 Å². The molecule has 1 saturated carbocycles. The van der Waals surface area contributed by atoms with Crippen molar-refractivity contribution in [1.82, 2.24) is 4.90 Å². The first-order valence-electron chi connectivity index (χ1n) is 5.69. The van der Waals surface area contributed by atoms with Gasteiger partial charge >= 0.3 is 0 Å². The van der Waals surface area contributed by atoms with Gasteiger partial charge in [0.15, 0.2) is 0 Å². The molecule has 14 heavy (non-hydrogen) atoms. The first-order valence-corrected chi connectivity index (χ1v) is 5.69. The van der Waals surface area contributed by atoms with Crippen LogP contribution >= 0.6 is 0 Å². The quantitative estimate of drug-likeness (QED) is 0.718. The lowest BCUT2D eigenvalue weighted by Crippen LogP contribution is -2.29. The van der Waals surface area contributed by atoms with Crippen LogP contribution in [0.2, 0.25) is 0 Å². The number of hydrogen-bond donors (Lipinski definition) is 1. The van der Waals surface area contributed by atoms with E-state index in [2.05, 4.69) is 6.92 Å². The molecule has 1 N–H and O–H groups in total. The number of aliphatic hydroxyl groups is 1. The van der Waals surface area contributed by atoms with Crippen molar-refractivity contribution < 1.29 is 9.90 Å². The Bertz CT molecular complexity index is 229. The predicted molar refractivity (Wildman–Crippen MR) is 53.7 cm³/mol. The van der Waals surface area contributed by atoms with Gasteiger partial charge < -0.3 is 10.0 Å². The standard InChI is InChI=1S/C11H19NO2/c1-2-5-12-7-8-6-9(13)3-4-10(8)11(12)14/h8-10,13H,2-7H2,1H3/t8-,9+,10-/m0/s1. The molecule has 1 aliphatic carbocycles. The molecule has 1 saturated heterocycles. The molecule has 1 heterocycles. The minimum atomic E-state index is -0.161. The highest BCUT2D eigenvalue weighted by Crippen LogP contribution is 2.37. The number of nitrogens with zero attached hydrogens (tertiary/aromatic N) is 1. The van der Waals surface area contributed by atoms with Crippen LogP contribution in [0.4, 0.5) is 0 Å². The van der Waals surface area contributed by atoms with E-state index in [0.29, 0.717) is 11.8 Å². The second-order valence-electron chi connectivity index (χ2n) is 4.62. The van der Waals surface area contributed by atoms with Crippen molar-refractivity contribution >= 4 is 5.91 Å². The van der Waals surface area contributed by atoms with Crippen LogP contribution in [0.5, 0.6) is 0 Å². The lowest BCUT2D eigenvalue weighted by molar-refractivity contribution is -0.132. The summed E-state index contributed by atoms with van der Waals surface area (Å²) in [6, 6.07) is 0. The summed E-state index contributed by atoms with van der Waals surface area (Å²) in [5.41, 5.74) is 0. The summed E-state index contributed by atoms with van der Waals surface area (Å²) < 4.78 is 0. The second kappa shape index (κ2) is 3.89. The second-order valence-corrected chi connectivity index (χ2v) is 4.62. The Kier molecular flexibility index (Phi) is 2.77. The van der Waals surface area contributed by atoms with Crippen LogP contribution in [-0.4, -0.2) is 35.1 Å². The molecule has 0 spiro atoms. The topological polar surface area (TPSA) is 40.5 Å². The molecular weight excluding hydrogens is 178 g/mol. The molecular formula is C11H19NO2. The minimum absolute atomic E-state index is 0.161. The summed E-state index contributed by atoms with van der Waals surface area (Å²) in [5.74, 6) is 0.992. The van der Waals surface area contributed by atoms with Crippen LogP contribution in [0, 0.1) is 11.8 Å². The maximum absolute atomic E-state index is 11.9. The van der Waals surface area contributed by atoms with E-state index in [0.717, 1.165) is 38.8 Å². The molecule has 3 heteroatoms. The Balaban J connectivity index is 2.01. The lowest BCUT2D eigenvalue weighted by atomic mass is 9.80. The fourth-order valence-corrected chi connectivity index (χ4v) is 2.85. The molecule has 80 valence electrons. The Morgan fingerprint density at radius 3 is 3.00 bits per heavy atom. The van der Waals surface area contributed by atoms with Crippen LogP contribution in [0.25, 0.3) is 0 Å². The molecule has 0 aromatic carbocycles. The van der Waals surface area contributed by atoms with Gasteiger partial charge in [0, 0.05) is 19.0 Å². The van der Waals surface area contributed by atoms with Gasteiger partial charge in [-0.25, -0.2) is 0 Å². The maximum atomic E-state index is 11.9. The van der Waals surface area contributed by atoms with E-state index in [1.807, 2.05) is 4.90 Å². The zero-order chi connectivity index (χ0) is 10.1. The number of likely N-dealkylation sites (tertiary alicyclic amines) is 1. The predicted octanol–water partition coefficient (Wildman–Crippen LogP) is 1.02. The van der Waals surface area contributed by atoms with E-state index in [4.69, 9.17) is 0 Å². The average molecular weight is 197 g/mol. The van der Waals surface area contributed by atoms with Crippen LogP contribution in [-0.2, 0) is 4.79 Å². The highest BCUT2D eigenvalue weighted by Gasteiger charge is 2.42. The normalized spacial score (nSPS) is 37.4. The van der Waals surface area contributed by atoms with Crippen molar-refractivity contribution in [3.8, 4) is 0 Å². The molecule has 2 rings (SSSR count). The number of amides is 1. The number of carbonyl (C=O) groups is 1. The Morgan fingerprint density at radius 2 is 2.29 bits per heavy atom. The number of rotatable bonds is 2. The van der Waals surface area contributed by atoms with E-state index in [-0.39, 0.29) is 12.0 Å². The molecule has 0 aromatic heterocycles. The number of fused-ring (bicyclic) bond motifs is 1. The molecule has 0 unspecified atom stereocenters. The Morgan fingerprint density at radius 1 is 1.50 bits per heavy atom. The van der Waals surface area contributed by atoms with E-state index in [1.165, 1.54) is 0 Å². The van der Waals surface area contributed by atoms with Gasteiger partial charge in [0.2, 0.25) is 5.91 Å². The van der Waals surface area contributed by atoms with Crippen LogP contribution in [0.1, 0.15) is 32.6 Å². The molecule has 0 bridgehead atoms. The first-order chi connectivity index (χ1) is 6.72. The third-order valence-electron chi connectivity index (χ3n) is 3.53. The van der Waals surface area contributed by atoms with Crippen molar-refractivity contribution in [2.24, 2.45) is 11.8 Å². The maximum Gasteiger partial charge on any atom is 0.226 e. The van der Waals surface area contributed by atoms with Crippen molar-refractivity contribution in [2.75, 3.05) is 13.1 Å². The van der Waals surface area contributed by atoms with Gasteiger partial charge in [0.05, 0.1) is 6.10 Å². The third-order valence-corrected chi connectivity index (χ3v) is 3.53. The fraction of sp³-hybridized carbons (Fsp3) is 0.909. The minimum Gasteiger partial charge on any atom is -0.393 e. The van der Waals surface area contributed by atoms with Crippen molar-refractivity contribution in [2.45, 2.75) is 38.7 Å². The van der Waals surface area contributed by atoms with Crippen molar-refractivity contribution in [3.05, 3.63) is 0 Å². The SMILES string of the molecule is CCCN1C[C@@H]2C[C@H](O)CC[C@@H]2C1=O. The summed E-state index contributed by atoms with van der Waals surface area (Å²) in [7, 11) is 0. The van der Waals surface area contributed by atoms with Gasteiger partial charge in [-0.05, 0) is 31.6 Å². The van der Waals surface area contributed by atoms with E-state index in [1.54, 1.807) is 0 Å². The highest BCUT2D eigenvalue weighted by molar-refractivity contribution is 5.81. The number of carbonyl (C=O) groups excluding carboxylic acids is 1. The molecule has 2 aliphatic rings. The molecule has 0 aromatic rings. The summed E-state index contributed by atoms with van der Waals surface area (Å²) >= 11 is 0. The van der Waals surface area contributed by atoms with Gasteiger partial charge in [0.25, 0.3) is 0 Å². The van der Waals surface area contributed by atoms with Crippen molar-refractivity contribution in [3.63, 3.8) is 0 Å². The van der Waals surface area contributed by atoms with Crippen LogP contribution in [0.15, 0.2) is 0 Å². The molecule has 3 atom stereocenters. The summed E-state index contributed by atoms with van der Waals surface area (Å²) in [6.07, 6.45) is 3.41. The Labute approximate surface area is 85.1 Å². The largest absolute Gasteiger partial charge is 0.393 e. The van der Waals surface area contributed by atoms with E-state index < -0.39 is 0 Å². The Hall–Kier alpha value is -0.570. The van der Waals surface area contributed by atoms with Crippen molar-refractivity contribution in [1.29, 1.82) is 0 Å². The highest BCUT2D eigenvalue weighted by atomic mass is 16.3. The van der Waals surface area contributed by atoms with Gasteiger partial charge in [-0.1, -0.05) is 6.92 Å². The van der Waals surface area contributed by atoms with Gasteiger partial charge in [-0.15, -0.1) is 0 Å². The fourth-order valence-electron chi connectivity index (χ4n) is 2.85. The molecule has 3 nitrogen and oxygen atoms in total. The van der Waals surface area contributed by atoms with Gasteiger partial charge in [0.1, 0.15) is 0 Å². The molecule has 2 fully saturated rings. The van der Waals surface area contributed by atoms with Gasteiger partial charge in [-0.3, -0.25) is 4.79 Å². The van der Waals surface area contributed by atoms with Crippen LogP contribution < -0.4 is 0 Å². The van der Waals surface area contributed by atoms with Crippen LogP contribution in [0.3, 0.4) is 0 Å². The van der Waals surface area contributed by atoms with Gasteiger partial charge in [-0.2, -0.15) is 0 Å². The molecule has 0 radical (unpaired) electrons. The first kappa shape index (κ1) is 9.97. The average Bonchev–Trinajstić information content (AvgIpc) is 2.44. The lowest BCUT2D eigenvalue weighted by Gasteiger charge is -2.25.